The van der Waals surface area contributed by atoms with Crippen molar-refractivity contribution in [2.75, 3.05) is 7.05 Å². The highest BCUT2D eigenvalue weighted by molar-refractivity contribution is 9.10. The number of halogens is 1. The Bertz CT molecular complexity index is 314. The van der Waals surface area contributed by atoms with Gasteiger partial charge in [0.25, 0.3) is 0 Å². The lowest BCUT2D eigenvalue weighted by Gasteiger charge is -2.12. The summed E-state index contributed by atoms with van der Waals surface area (Å²) in [4.78, 5) is 10.8. The van der Waals surface area contributed by atoms with Crippen LogP contribution in [0.15, 0.2) is 28.7 Å². The minimum Gasteiger partial charge on any atom is -0.480 e. The summed E-state index contributed by atoms with van der Waals surface area (Å²) in [6, 6.07) is 6.60. The first kappa shape index (κ1) is 10.2. The number of aliphatic carboxylic acids is 1. The number of nitrogens with one attached hydrogen (secondary N) is 1. The van der Waals surface area contributed by atoms with E-state index < -0.39 is 12.0 Å². The molecule has 0 aromatic heterocycles. The Labute approximate surface area is 84.9 Å². The molecule has 1 atom stereocenters. The molecule has 0 aliphatic rings. The van der Waals surface area contributed by atoms with E-state index in [1.165, 1.54) is 0 Å². The van der Waals surface area contributed by atoms with E-state index in [0.29, 0.717) is 0 Å². The zero-order chi connectivity index (χ0) is 9.84. The van der Waals surface area contributed by atoms with Crippen molar-refractivity contribution in [2.45, 2.75) is 6.04 Å². The SMILES string of the molecule is CN[C@@H](C(=O)O)c1ccccc1Br. The summed E-state index contributed by atoms with van der Waals surface area (Å²) in [6.07, 6.45) is 0. The van der Waals surface area contributed by atoms with Crippen LogP contribution >= 0.6 is 15.9 Å². The second kappa shape index (κ2) is 4.39. The highest BCUT2D eigenvalue weighted by Crippen LogP contribution is 2.22. The highest BCUT2D eigenvalue weighted by Gasteiger charge is 2.18. The molecule has 0 saturated heterocycles. The van der Waals surface area contributed by atoms with Crippen LogP contribution in [0.4, 0.5) is 0 Å². The van der Waals surface area contributed by atoms with Crippen molar-refractivity contribution in [2.24, 2.45) is 0 Å². The van der Waals surface area contributed by atoms with Crippen LogP contribution in [0.5, 0.6) is 0 Å². The number of carbonyl (C=O) groups is 1. The molecule has 4 heteroatoms. The first-order valence-electron chi connectivity index (χ1n) is 3.81. The summed E-state index contributed by atoms with van der Waals surface area (Å²) >= 11 is 3.30. The average molecular weight is 244 g/mol. The summed E-state index contributed by atoms with van der Waals surface area (Å²) < 4.78 is 0.803. The third-order valence-corrected chi connectivity index (χ3v) is 2.47. The second-order valence-corrected chi connectivity index (χ2v) is 3.44. The first-order valence-corrected chi connectivity index (χ1v) is 4.60. The largest absolute Gasteiger partial charge is 0.480 e. The van der Waals surface area contributed by atoms with Crippen LogP contribution in [0, 0.1) is 0 Å². The second-order valence-electron chi connectivity index (χ2n) is 2.58. The maximum atomic E-state index is 10.8. The molecule has 0 unspecified atom stereocenters. The Balaban J connectivity index is 3.04. The standard InChI is InChI=1S/C9H10BrNO2/c1-11-8(9(12)13)6-4-2-3-5-7(6)10/h2-5,8,11H,1H3,(H,12,13)/t8-/m1/s1. The van der Waals surface area contributed by atoms with Crippen LogP contribution in [-0.4, -0.2) is 18.1 Å². The van der Waals surface area contributed by atoms with Gasteiger partial charge in [0, 0.05) is 4.47 Å². The van der Waals surface area contributed by atoms with Crippen molar-refractivity contribution in [1.29, 1.82) is 0 Å². The zero-order valence-corrected chi connectivity index (χ0v) is 8.71. The molecular weight excluding hydrogens is 234 g/mol. The maximum absolute atomic E-state index is 10.8. The van der Waals surface area contributed by atoms with Gasteiger partial charge in [-0.05, 0) is 18.7 Å². The smallest absolute Gasteiger partial charge is 0.325 e. The van der Waals surface area contributed by atoms with Crippen molar-refractivity contribution in [3.8, 4) is 0 Å². The third kappa shape index (κ3) is 2.29. The van der Waals surface area contributed by atoms with Crippen molar-refractivity contribution in [1.82, 2.24) is 5.32 Å². The van der Waals surface area contributed by atoms with Gasteiger partial charge in [-0.15, -0.1) is 0 Å². The van der Waals surface area contributed by atoms with E-state index >= 15 is 0 Å². The van der Waals surface area contributed by atoms with Crippen LogP contribution in [0.25, 0.3) is 0 Å². The summed E-state index contributed by atoms with van der Waals surface area (Å²) in [5.74, 6) is -0.880. The topological polar surface area (TPSA) is 49.3 Å². The molecule has 0 saturated carbocycles. The minimum absolute atomic E-state index is 0.657. The van der Waals surface area contributed by atoms with Gasteiger partial charge in [0.1, 0.15) is 6.04 Å². The van der Waals surface area contributed by atoms with Crippen molar-refractivity contribution in [3.63, 3.8) is 0 Å². The summed E-state index contributed by atoms with van der Waals surface area (Å²) in [5, 5.41) is 11.6. The predicted molar refractivity (Wildman–Crippen MR) is 53.6 cm³/mol. The normalized spacial score (nSPS) is 12.5. The molecule has 2 N–H and O–H groups in total. The first-order chi connectivity index (χ1) is 6.16. The number of benzene rings is 1. The number of hydrogen-bond acceptors (Lipinski definition) is 2. The van der Waals surface area contributed by atoms with Gasteiger partial charge in [0.05, 0.1) is 0 Å². The van der Waals surface area contributed by atoms with Gasteiger partial charge in [0.15, 0.2) is 0 Å². The molecular formula is C9H10BrNO2. The molecule has 0 bridgehead atoms. The van der Waals surface area contributed by atoms with Crippen LogP contribution in [0.2, 0.25) is 0 Å². The van der Waals surface area contributed by atoms with E-state index in [-0.39, 0.29) is 0 Å². The zero-order valence-electron chi connectivity index (χ0n) is 7.12. The number of likely N-dealkylation sites (N-methyl/N-ethyl adjacent to an activating group) is 1. The van der Waals surface area contributed by atoms with E-state index in [9.17, 15) is 4.79 Å². The van der Waals surface area contributed by atoms with Gasteiger partial charge < -0.3 is 10.4 Å². The Hall–Kier alpha value is -0.870. The van der Waals surface area contributed by atoms with Crippen LogP contribution in [0.1, 0.15) is 11.6 Å². The summed E-state index contributed by atoms with van der Waals surface area (Å²) in [5.41, 5.74) is 0.734. The number of rotatable bonds is 3. The molecule has 0 amide bonds. The Morgan fingerprint density at radius 3 is 2.62 bits per heavy atom. The molecule has 1 rings (SSSR count). The lowest BCUT2D eigenvalue weighted by Crippen LogP contribution is -2.25. The lowest BCUT2D eigenvalue weighted by atomic mass is 10.1. The molecule has 70 valence electrons. The Kier molecular flexibility index (Phi) is 3.45. The molecule has 1 aromatic rings. The fraction of sp³-hybridized carbons (Fsp3) is 0.222. The van der Waals surface area contributed by atoms with Crippen LogP contribution in [0.3, 0.4) is 0 Å². The van der Waals surface area contributed by atoms with Gasteiger partial charge in [0.2, 0.25) is 0 Å². The van der Waals surface area contributed by atoms with Gasteiger partial charge in [-0.25, -0.2) is 0 Å². The average Bonchev–Trinajstić information content (AvgIpc) is 2.09. The third-order valence-electron chi connectivity index (χ3n) is 1.75. The molecule has 0 aliphatic heterocycles. The predicted octanol–water partition coefficient (Wildman–Crippen LogP) is 1.79. The lowest BCUT2D eigenvalue weighted by molar-refractivity contribution is -0.139. The van der Waals surface area contributed by atoms with Crippen molar-refractivity contribution in [3.05, 3.63) is 34.3 Å². The van der Waals surface area contributed by atoms with Crippen LogP contribution < -0.4 is 5.32 Å². The van der Waals surface area contributed by atoms with E-state index in [0.717, 1.165) is 10.0 Å². The van der Waals surface area contributed by atoms with Gasteiger partial charge in [-0.3, -0.25) is 4.79 Å². The van der Waals surface area contributed by atoms with Gasteiger partial charge in [-0.1, -0.05) is 34.1 Å². The molecule has 13 heavy (non-hydrogen) atoms. The van der Waals surface area contributed by atoms with Gasteiger partial charge in [-0.2, -0.15) is 0 Å². The van der Waals surface area contributed by atoms with Crippen molar-refractivity contribution >= 4 is 21.9 Å². The van der Waals surface area contributed by atoms with E-state index in [4.69, 9.17) is 5.11 Å². The summed E-state index contributed by atoms with van der Waals surface area (Å²) in [7, 11) is 1.62. The molecule has 1 aromatic carbocycles. The number of carboxylic acid groups (broad SMARTS) is 1. The van der Waals surface area contributed by atoms with Crippen LogP contribution in [-0.2, 0) is 4.79 Å². The quantitative estimate of drug-likeness (QED) is 0.852. The molecule has 0 spiro atoms. The Morgan fingerprint density at radius 2 is 2.15 bits per heavy atom. The molecule has 0 heterocycles. The molecule has 0 fully saturated rings. The number of carboxylic acids is 1. The van der Waals surface area contributed by atoms with E-state index in [1.54, 1.807) is 13.1 Å². The maximum Gasteiger partial charge on any atom is 0.325 e. The monoisotopic (exact) mass is 243 g/mol. The summed E-state index contributed by atoms with van der Waals surface area (Å²) in [6.45, 7) is 0. The molecule has 0 aliphatic carbocycles. The number of hydrogen-bond donors (Lipinski definition) is 2. The minimum atomic E-state index is -0.880. The molecule has 3 nitrogen and oxygen atoms in total. The van der Waals surface area contributed by atoms with E-state index in [1.807, 2.05) is 18.2 Å². The Morgan fingerprint density at radius 1 is 1.54 bits per heavy atom. The molecule has 0 radical (unpaired) electrons. The van der Waals surface area contributed by atoms with E-state index in [2.05, 4.69) is 21.2 Å². The van der Waals surface area contributed by atoms with Crippen molar-refractivity contribution < 1.29 is 9.90 Å². The fourth-order valence-corrected chi connectivity index (χ4v) is 1.63. The highest BCUT2D eigenvalue weighted by atomic mass is 79.9. The van der Waals surface area contributed by atoms with Gasteiger partial charge >= 0.3 is 5.97 Å². The fourth-order valence-electron chi connectivity index (χ4n) is 1.12.